The summed E-state index contributed by atoms with van der Waals surface area (Å²) in [6, 6.07) is 16.0. The minimum absolute atomic E-state index is 0.0135. The molecule has 0 aliphatic heterocycles. The van der Waals surface area contributed by atoms with E-state index in [1.165, 1.54) is 6.33 Å². The van der Waals surface area contributed by atoms with Crippen LogP contribution in [0.3, 0.4) is 0 Å². The topological polar surface area (TPSA) is 72.3 Å². The van der Waals surface area contributed by atoms with Gasteiger partial charge in [0.25, 0.3) is 0 Å². The number of hydrogen-bond donors (Lipinski definition) is 1. The Morgan fingerprint density at radius 1 is 1.24 bits per heavy atom. The summed E-state index contributed by atoms with van der Waals surface area (Å²) in [5.74, 6) is 0.805. The molecule has 0 fully saturated rings. The maximum Gasteiger partial charge on any atom is 0.234 e. The quantitative estimate of drug-likeness (QED) is 0.605. The van der Waals surface area contributed by atoms with Crippen molar-refractivity contribution < 1.29 is 9.53 Å². The monoisotopic (exact) mass is 393 g/mol. The van der Waals surface area contributed by atoms with Crippen LogP contribution in [0, 0.1) is 0 Å². The Kier molecular flexibility index (Phi) is 6.97. The van der Waals surface area contributed by atoms with Gasteiger partial charge in [0.1, 0.15) is 18.4 Å². The summed E-state index contributed by atoms with van der Waals surface area (Å²) < 4.78 is 7.21. The molecule has 1 N–H and O–H groups in total. The van der Waals surface area contributed by atoms with E-state index in [0.717, 1.165) is 22.6 Å². The zero-order valence-electron chi connectivity index (χ0n) is 17.1. The first kappa shape index (κ1) is 20.5. The molecule has 7 nitrogen and oxygen atoms in total. The van der Waals surface area contributed by atoms with Gasteiger partial charge in [0.15, 0.2) is 0 Å². The minimum Gasteiger partial charge on any atom is -0.494 e. The van der Waals surface area contributed by atoms with E-state index in [1.54, 1.807) is 11.0 Å². The highest BCUT2D eigenvalue weighted by molar-refractivity contribution is 5.78. The molecule has 3 aromatic rings. The summed E-state index contributed by atoms with van der Waals surface area (Å²) >= 11 is 0. The van der Waals surface area contributed by atoms with Gasteiger partial charge in [-0.25, -0.2) is 9.67 Å². The molecular weight excluding hydrogens is 366 g/mol. The molecule has 0 saturated carbocycles. The lowest BCUT2D eigenvalue weighted by Crippen LogP contribution is -2.36. The van der Waals surface area contributed by atoms with Crippen molar-refractivity contribution in [3.8, 4) is 11.4 Å². The van der Waals surface area contributed by atoms with Gasteiger partial charge in [0.05, 0.1) is 18.8 Å². The number of benzene rings is 2. The average molecular weight is 393 g/mol. The third-order valence-corrected chi connectivity index (χ3v) is 4.81. The van der Waals surface area contributed by atoms with Gasteiger partial charge in [0.2, 0.25) is 5.91 Å². The Hall–Kier alpha value is -3.19. The van der Waals surface area contributed by atoms with Crippen molar-refractivity contribution in [2.75, 3.05) is 20.2 Å². The summed E-state index contributed by atoms with van der Waals surface area (Å²) in [4.78, 5) is 18.4. The van der Waals surface area contributed by atoms with Crippen LogP contribution in [-0.2, 0) is 11.3 Å². The fraction of sp³-hybridized carbons (Fsp3) is 0.318. The Balaban J connectivity index is 1.51. The SMILES string of the molecule is CCOc1cccc(CNC(=O)CN(C)C(C)c2ccc(-n3cncn3)cc2)c1. The second-order valence-corrected chi connectivity index (χ2v) is 6.88. The fourth-order valence-corrected chi connectivity index (χ4v) is 3.03. The van der Waals surface area contributed by atoms with E-state index in [-0.39, 0.29) is 11.9 Å². The standard InChI is InChI=1S/C22H27N5O2/c1-4-29-21-7-5-6-18(12-21)13-24-22(28)14-26(3)17(2)19-8-10-20(11-9-19)27-16-23-15-25-27/h5-12,15-17H,4,13-14H2,1-3H3,(H,24,28). The number of amides is 1. The van der Waals surface area contributed by atoms with Crippen LogP contribution in [0.15, 0.2) is 61.2 Å². The summed E-state index contributed by atoms with van der Waals surface area (Å²) in [7, 11) is 1.95. The lowest BCUT2D eigenvalue weighted by Gasteiger charge is -2.24. The number of aromatic nitrogens is 3. The summed E-state index contributed by atoms with van der Waals surface area (Å²) in [5, 5.41) is 7.11. The molecule has 0 radical (unpaired) electrons. The zero-order chi connectivity index (χ0) is 20.6. The van der Waals surface area contributed by atoms with E-state index in [0.29, 0.717) is 19.7 Å². The molecule has 0 saturated heterocycles. The second kappa shape index (κ2) is 9.84. The molecule has 0 spiro atoms. The van der Waals surface area contributed by atoms with Gasteiger partial charge in [-0.15, -0.1) is 0 Å². The van der Waals surface area contributed by atoms with Crippen molar-refractivity contribution in [2.45, 2.75) is 26.4 Å². The van der Waals surface area contributed by atoms with Crippen molar-refractivity contribution in [2.24, 2.45) is 0 Å². The van der Waals surface area contributed by atoms with Crippen molar-refractivity contribution >= 4 is 5.91 Å². The Morgan fingerprint density at radius 2 is 2.03 bits per heavy atom. The molecular formula is C22H27N5O2. The van der Waals surface area contributed by atoms with E-state index < -0.39 is 0 Å². The molecule has 3 rings (SSSR count). The first-order valence-corrected chi connectivity index (χ1v) is 9.70. The van der Waals surface area contributed by atoms with Gasteiger partial charge in [-0.05, 0) is 56.3 Å². The molecule has 0 aliphatic rings. The third kappa shape index (κ3) is 5.65. The van der Waals surface area contributed by atoms with Gasteiger partial charge in [-0.1, -0.05) is 24.3 Å². The van der Waals surface area contributed by atoms with Gasteiger partial charge in [0, 0.05) is 12.6 Å². The van der Waals surface area contributed by atoms with Crippen LogP contribution in [-0.4, -0.2) is 45.8 Å². The van der Waals surface area contributed by atoms with E-state index >= 15 is 0 Å². The molecule has 1 aromatic heterocycles. The molecule has 1 unspecified atom stereocenters. The van der Waals surface area contributed by atoms with Crippen LogP contribution in [0.1, 0.15) is 31.0 Å². The molecule has 2 aromatic carbocycles. The Labute approximate surface area is 171 Å². The Morgan fingerprint density at radius 3 is 2.72 bits per heavy atom. The number of ether oxygens (including phenoxy) is 1. The van der Waals surface area contributed by atoms with Crippen LogP contribution >= 0.6 is 0 Å². The number of likely N-dealkylation sites (N-methyl/N-ethyl adjacent to an activating group) is 1. The normalized spacial score (nSPS) is 12.0. The molecule has 1 atom stereocenters. The van der Waals surface area contributed by atoms with E-state index in [1.807, 2.05) is 55.3 Å². The van der Waals surface area contributed by atoms with E-state index in [2.05, 4.69) is 34.5 Å². The van der Waals surface area contributed by atoms with Crippen molar-refractivity contribution in [1.29, 1.82) is 0 Å². The molecule has 29 heavy (non-hydrogen) atoms. The highest BCUT2D eigenvalue weighted by Gasteiger charge is 2.15. The van der Waals surface area contributed by atoms with Gasteiger partial charge >= 0.3 is 0 Å². The van der Waals surface area contributed by atoms with Gasteiger partial charge < -0.3 is 10.1 Å². The molecule has 1 heterocycles. The summed E-state index contributed by atoms with van der Waals surface area (Å²) in [6.45, 7) is 5.46. The third-order valence-electron chi connectivity index (χ3n) is 4.81. The second-order valence-electron chi connectivity index (χ2n) is 6.88. The minimum atomic E-state index is -0.0135. The van der Waals surface area contributed by atoms with Gasteiger partial charge in [-0.2, -0.15) is 5.10 Å². The predicted molar refractivity (Wildman–Crippen MR) is 112 cm³/mol. The van der Waals surface area contributed by atoms with Crippen molar-refractivity contribution in [1.82, 2.24) is 25.0 Å². The molecule has 1 amide bonds. The first-order valence-electron chi connectivity index (χ1n) is 9.70. The molecule has 152 valence electrons. The first-order chi connectivity index (χ1) is 14.1. The van der Waals surface area contributed by atoms with Crippen LogP contribution in [0.2, 0.25) is 0 Å². The number of carbonyl (C=O) groups is 1. The number of carbonyl (C=O) groups excluding carboxylic acids is 1. The van der Waals surface area contributed by atoms with Crippen LogP contribution < -0.4 is 10.1 Å². The van der Waals surface area contributed by atoms with Crippen LogP contribution in [0.5, 0.6) is 5.75 Å². The molecule has 0 aliphatic carbocycles. The highest BCUT2D eigenvalue weighted by Crippen LogP contribution is 2.20. The fourth-order valence-electron chi connectivity index (χ4n) is 3.03. The number of nitrogens with zero attached hydrogens (tertiary/aromatic N) is 4. The lowest BCUT2D eigenvalue weighted by atomic mass is 10.1. The predicted octanol–water partition coefficient (Wildman–Crippen LogP) is 2.98. The van der Waals surface area contributed by atoms with E-state index in [4.69, 9.17) is 4.74 Å². The van der Waals surface area contributed by atoms with Crippen LogP contribution in [0.25, 0.3) is 5.69 Å². The Bertz CT molecular complexity index is 909. The van der Waals surface area contributed by atoms with Crippen molar-refractivity contribution in [3.05, 3.63) is 72.3 Å². The van der Waals surface area contributed by atoms with Gasteiger partial charge in [-0.3, -0.25) is 9.69 Å². The summed E-state index contributed by atoms with van der Waals surface area (Å²) in [5.41, 5.74) is 3.10. The maximum absolute atomic E-state index is 12.4. The average Bonchev–Trinajstić information content (AvgIpc) is 3.27. The largest absolute Gasteiger partial charge is 0.494 e. The van der Waals surface area contributed by atoms with Crippen LogP contribution in [0.4, 0.5) is 0 Å². The highest BCUT2D eigenvalue weighted by atomic mass is 16.5. The number of nitrogens with one attached hydrogen (secondary N) is 1. The van der Waals surface area contributed by atoms with Crippen molar-refractivity contribution in [3.63, 3.8) is 0 Å². The molecule has 7 heteroatoms. The van der Waals surface area contributed by atoms with E-state index in [9.17, 15) is 4.79 Å². The molecule has 0 bridgehead atoms. The lowest BCUT2D eigenvalue weighted by molar-refractivity contribution is -0.122. The zero-order valence-corrected chi connectivity index (χ0v) is 17.1. The smallest absolute Gasteiger partial charge is 0.234 e. The number of hydrogen-bond acceptors (Lipinski definition) is 5. The number of rotatable bonds is 9. The summed E-state index contributed by atoms with van der Waals surface area (Å²) in [6.07, 6.45) is 3.18. The maximum atomic E-state index is 12.4.